The van der Waals surface area contributed by atoms with Gasteiger partial charge in [-0.05, 0) is 12.5 Å². The van der Waals surface area contributed by atoms with Crippen molar-refractivity contribution in [1.29, 1.82) is 0 Å². The summed E-state index contributed by atoms with van der Waals surface area (Å²) in [5.41, 5.74) is 0. The Morgan fingerprint density at radius 2 is 1.25 bits per heavy atom. The number of rotatable bonds is 2. The van der Waals surface area contributed by atoms with Crippen LogP contribution in [0, 0.1) is 0 Å². The van der Waals surface area contributed by atoms with Gasteiger partial charge in [0.2, 0.25) is 0 Å². The quantitative estimate of drug-likeness (QED) is 0.598. The standard InChI is InChI=1S/C4H8S4/c1-7-3(5)4(6)8-2/h5-6H,1-2H3/p-2/b4-3+. The summed E-state index contributed by atoms with van der Waals surface area (Å²) in [4.78, 5) is 0. The minimum Gasteiger partial charge on any atom is -0.774 e. The van der Waals surface area contributed by atoms with E-state index in [1.54, 1.807) is 0 Å². The Morgan fingerprint density at radius 3 is 1.38 bits per heavy atom. The topological polar surface area (TPSA) is 0 Å². The van der Waals surface area contributed by atoms with Crippen molar-refractivity contribution in [2.24, 2.45) is 0 Å². The first-order chi connectivity index (χ1) is 3.72. The lowest BCUT2D eigenvalue weighted by molar-refractivity contribution is 2.29. The maximum atomic E-state index is 4.88. The Hall–Kier alpha value is 0.880. The van der Waals surface area contributed by atoms with Crippen LogP contribution in [0.1, 0.15) is 0 Å². The molecule has 48 valence electrons. The average Bonchev–Trinajstić information content (AvgIpc) is 1.84. The second kappa shape index (κ2) is 4.73. The summed E-state index contributed by atoms with van der Waals surface area (Å²) in [5.74, 6) is 0. The Labute approximate surface area is 69.7 Å². The van der Waals surface area contributed by atoms with Gasteiger partial charge >= 0.3 is 0 Å². The van der Waals surface area contributed by atoms with Crippen LogP contribution in [0.25, 0.3) is 0 Å². The molecular weight excluding hydrogens is 176 g/mol. The highest BCUT2D eigenvalue weighted by Gasteiger charge is 1.72. The molecule has 0 atom stereocenters. The molecule has 0 fully saturated rings. The number of thioether (sulfide) groups is 2. The van der Waals surface area contributed by atoms with Crippen LogP contribution in [0.4, 0.5) is 0 Å². The van der Waals surface area contributed by atoms with Crippen molar-refractivity contribution in [1.82, 2.24) is 0 Å². The molecule has 0 rings (SSSR count). The Balaban J connectivity index is 3.83. The smallest absolute Gasteiger partial charge is 0.0157 e. The van der Waals surface area contributed by atoms with Crippen molar-refractivity contribution in [3.63, 3.8) is 0 Å². The van der Waals surface area contributed by atoms with E-state index in [9.17, 15) is 0 Å². The lowest BCUT2D eigenvalue weighted by Crippen LogP contribution is -1.72. The van der Waals surface area contributed by atoms with Gasteiger partial charge in [-0.1, -0.05) is 0 Å². The zero-order valence-electron chi connectivity index (χ0n) is 4.63. The Bertz CT molecular complexity index is 84.2. The summed E-state index contributed by atoms with van der Waals surface area (Å²) in [7, 11) is 0. The van der Waals surface area contributed by atoms with Crippen LogP contribution in [0.3, 0.4) is 0 Å². The molecule has 0 spiro atoms. The van der Waals surface area contributed by atoms with Crippen molar-refractivity contribution in [3.05, 3.63) is 8.47 Å². The highest BCUT2D eigenvalue weighted by atomic mass is 32.2. The molecule has 8 heavy (non-hydrogen) atoms. The maximum Gasteiger partial charge on any atom is -0.0157 e. The van der Waals surface area contributed by atoms with Crippen molar-refractivity contribution in [3.8, 4) is 0 Å². The van der Waals surface area contributed by atoms with Crippen LogP contribution < -0.4 is 0 Å². The first-order valence-electron chi connectivity index (χ1n) is 1.88. The highest BCUT2D eigenvalue weighted by Crippen LogP contribution is 2.20. The molecule has 4 heteroatoms. The van der Waals surface area contributed by atoms with Crippen LogP contribution in [0.5, 0.6) is 0 Å². The van der Waals surface area contributed by atoms with E-state index >= 15 is 0 Å². The average molecular weight is 182 g/mol. The molecule has 0 aliphatic rings. The normalized spacial score (nSPS) is 13.2. The molecule has 0 aliphatic carbocycles. The molecule has 0 amide bonds. The predicted molar refractivity (Wildman–Crippen MR) is 48.8 cm³/mol. The lowest BCUT2D eigenvalue weighted by atomic mass is 11.2. The lowest BCUT2D eigenvalue weighted by Gasteiger charge is -2.20. The molecule has 0 aromatic carbocycles. The highest BCUT2D eigenvalue weighted by molar-refractivity contribution is 8.16. The second-order valence-electron chi connectivity index (χ2n) is 0.983. The zero-order chi connectivity index (χ0) is 6.57. The molecule has 0 bridgehead atoms. The van der Waals surface area contributed by atoms with Crippen LogP contribution in [-0.4, -0.2) is 12.5 Å². The summed E-state index contributed by atoms with van der Waals surface area (Å²) in [6.07, 6.45) is 3.87. The summed E-state index contributed by atoms with van der Waals surface area (Å²) < 4.78 is 1.65. The molecule has 0 unspecified atom stereocenters. The van der Waals surface area contributed by atoms with Crippen molar-refractivity contribution < 1.29 is 0 Å². The zero-order valence-corrected chi connectivity index (χ0v) is 7.90. The molecule has 0 saturated carbocycles. The van der Waals surface area contributed by atoms with E-state index in [0.717, 1.165) is 8.47 Å². The molecule has 0 N–H and O–H groups in total. The summed E-state index contributed by atoms with van der Waals surface area (Å²) in [5, 5.41) is 0. The fourth-order valence-electron chi connectivity index (χ4n) is 0.167. The van der Waals surface area contributed by atoms with E-state index in [4.69, 9.17) is 25.3 Å². The summed E-state index contributed by atoms with van der Waals surface area (Å²) in [6.45, 7) is 0. The van der Waals surface area contributed by atoms with Crippen molar-refractivity contribution >= 4 is 48.8 Å². The summed E-state index contributed by atoms with van der Waals surface area (Å²) >= 11 is 12.8. The van der Waals surface area contributed by atoms with Gasteiger partial charge in [0.25, 0.3) is 0 Å². The Kier molecular flexibility index (Phi) is 5.25. The molecule has 0 saturated heterocycles. The third-order valence-corrected chi connectivity index (χ3v) is 3.61. The van der Waals surface area contributed by atoms with Gasteiger partial charge in [-0.3, -0.25) is 0 Å². The largest absolute Gasteiger partial charge is 0.774 e. The minimum absolute atomic E-state index is 0.826. The fourth-order valence-corrected chi connectivity index (χ4v) is 1.50. The minimum atomic E-state index is 0.826. The van der Waals surface area contributed by atoms with Crippen molar-refractivity contribution in [2.75, 3.05) is 12.5 Å². The van der Waals surface area contributed by atoms with E-state index in [2.05, 4.69) is 0 Å². The molecule has 0 aromatic rings. The molecule has 0 radical (unpaired) electrons. The van der Waals surface area contributed by atoms with Crippen LogP contribution in [-0.2, 0) is 25.3 Å². The predicted octanol–water partition coefficient (Wildman–Crippen LogP) is 1.93. The van der Waals surface area contributed by atoms with E-state index < -0.39 is 0 Å². The number of hydrogen-bond donors (Lipinski definition) is 0. The van der Waals surface area contributed by atoms with Crippen LogP contribution in [0.2, 0.25) is 0 Å². The first kappa shape index (κ1) is 8.88. The molecule has 0 nitrogen and oxygen atoms in total. The van der Waals surface area contributed by atoms with E-state index in [1.807, 2.05) is 12.5 Å². The molecule has 0 heterocycles. The van der Waals surface area contributed by atoms with Crippen molar-refractivity contribution in [2.45, 2.75) is 0 Å². The van der Waals surface area contributed by atoms with Gasteiger partial charge in [0.05, 0.1) is 0 Å². The first-order valence-corrected chi connectivity index (χ1v) is 5.15. The SMILES string of the molecule is CS/C([S-])=C(\[S-])SC. The van der Waals surface area contributed by atoms with Gasteiger partial charge in [0.15, 0.2) is 0 Å². The molecule has 0 aromatic heterocycles. The second-order valence-corrected chi connectivity index (χ2v) is 3.95. The van der Waals surface area contributed by atoms with Crippen LogP contribution >= 0.6 is 23.5 Å². The summed E-state index contributed by atoms with van der Waals surface area (Å²) in [6, 6.07) is 0. The van der Waals surface area contributed by atoms with Gasteiger partial charge in [0.1, 0.15) is 0 Å². The van der Waals surface area contributed by atoms with Gasteiger partial charge in [-0.2, -0.15) is 32.0 Å². The van der Waals surface area contributed by atoms with Crippen LogP contribution in [0.15, 0.2) is 8.47 Å². The number of hydrogen-bond acceptors (Lipinski definition) is 4. The molecule has 0 aliphatic heterocycles. The van der Waals surface area contributed by atoms with E-state index in [0.29, 0.717) is 0 Å². The van der Waals surface area contributed by atoms with E-state index in [1.165, 1.54) is 23.5 Å². The molecular formula is C4H6S4-2. The van der Waals surface area contributed by atoms with Gasteiger partial charge in [-0.15, -0.1) is 0 Å². The maximum absolute atomic E-state index is 4.88. The third kappa shape index (κ3) is 3.02. The van der Waals surface area contributed by atoms with Gasteiger partial charge < -0.3 is 25.3 Å². The monoisotopic (exact) mass is 182 g/mol. The van der Waals surface area contributed by atoms with Gasteiger partial charge in [-0.25, -0.2) is 0 Å². The fraction of sp³-hybridized carbons (Fsp3) is 0.500. The Morgan fingerprint density at radius 1 is 1.00 bits per heavy atom. The third-order valence-electron chi connectivity index (χ3n) is 0.537. The van der Waals surface area contributed by atoms with E-state index in [-0.39, 0.29) is 0 Å². The van der Waals surface area contributed by atoms with Gasteiger partial charge in [0, 0.05) is 0 Å².